The molecule has 0 spiro atoms. The number of pyridine rings is 1. The molecule has 33 heavy (non-hydrogen) atoms. The van der Waals surface area contributed by atoms with Gasteiger partial charge < -0.3 is 10.2 Å². The molecule has 1 amide bonds. The van der Waals surface area contributed by atoms with Crippen molar-refractivity contribution < 1.29 is 4.79 Å². The molecule has 4 nitrogen and oxygen atoms in total. The lowest BCUT2D eigenvalue weighted by Gasteiger charge is -2.27. The van der Waals surface area contributed by atoms with E-state index >= 15 is 0 Å². The van der Waals surface area contributed by atoms with Crippen molar-refractivity contribution in [1.82, 2.24) is 9.88 Å². The molecule has 0 radical (unpaired) electrons. The van der Waals surface area contributed by atoms with Gasteiger partial charge in [0.15, 0.2) is 0 Å². The molecule has 7 heteroatoms. The maximum Gasteiger partial charge on any atom is 0.257 e. The third-order valence-corrected chi connectivity index (χ3v) is 7.37. The Morgan fingerprint density at radius 1 is 1.09 bits per heavy atom. The van der Waals surface area contributed by atoms with Gasteiger partial charge in [-0.2, -0.15) is 0 Å². The first kappa shape index (κ1) is 24.1. The predicted molar refractivity (Wildman–Crippen MR) is 139 cm³/mol. The summed E-state index contributed by atoms with van der Waals surface area (Å²) >= 11 is 15.7. The van der Waals surface area contributed by atoms with Gasteiger partial charge in [-0.05, 0) is 76.0 Å². The lowest BCUT2D eigenvalue weighted by molar-refractivity contribution is 0.0745. The molecule has 172 valence electrons. The number of benzene rings is 2. The summed E-state index contributed by atoms with van der Waals surface area (Å²) in [5.74, 6) is 1.18. The summed E-state index contributed by atoms with van der Waals surface area (Å²) in [5, 5.41) is 4.08. The Bertz CT molecular complexity index is 1130. The summed E-state index contributed by atoms with van der Waals surface area (Å²) in [4.78, 5) is 19.9. The first-order valence-corrected chi connectivity index (χ1v) is 12.6. The van der Waals surface area contributed by atoms with Gasteiger partial charge in [0, 0.05) is 30.8 Å². The highest BCUT2D eigenvalue weighted by Gasteiger charge is 2.22. The average Bonchev–Trinajstić information content (AvgIpc) is 2.78. The van der Waals surface area contributed by atoms with Crippen LogP contribution >= 0.6 is 39.1 Å². The molecule has 0 atom stereocenters. The molecule has 1 aromatic heterocycles. The normalized spacial score (nSPS) is 13.5. The van der Waals surface area contributed by atoms with Crippen LogP contribution in [0.25, 0.3) is 0 Å². The predicted octanol–water partition coefficient (Wildman–Crippen LogP) is 7.35. The third kappa shape index (κ3) is 5.89. The molecule has 1 heterocycles. The first-order valence-electron chi connectivity index (χ1n) is 11.1. The van der Waals surface area contributed by atoms with Crippen LogP contribution in [0.2, 0.25) is 10.0 Å². The van der Waals surface area contributed by atoms with E-state index in [9.17, 15) is 4.79 Å². The van der Waals surface area contributed by atoms with Gasteiger partial charge in [0.05, 0.1) is 15.6 Å². The van der Waals surface area contributed by atoms with Gasteiger partial charge in [0.1, 0.15) is 5.82 Å². The number of carbonyl (C=O) groups excluding carboxylic acids is 1. The molecule has 4 rings (SSSR count). The number of halogens is 3. The zero-order chi connectivity index (χ0) is 23.4. The van der Waals surface area contributed by atoms with Crippen molar-refractivity contribution in [1.29, 1.82) is 0 Å². The number of rotatable bonds is 8. The van der Waals surface area contributed by atoms with Crippen LogP contribution in [0.15, 0.2) is 59.2 Å². The van der Waals surface area contributed by atoms with Crippen LogP contribution in [0.5, 0.6) is 0 Å². The zero-order valence-electron chi connectivity index (χ0n) is 18.5. The Kier molecular flexibility index (Phi) is 7.94. The molecule has 0 unspecified atom stereocenters. The minimum atomic E-state index is -0.0729. The van der Waals surface area contributed by atoms with Gasteiger partial charge in [0.25, 0.3) is 5.91 Å². The van der Waals surface area contributed by atoms with E-state index in [4.69, 9.17) is 23.2 Å². The van der Waals surface area contributed by atoms with E-state index in [1.807, 2.05) is 23.1 Å². The standard InChI is InChI=1S/C26H26BrCl2N3O/c1-30-25-22(14-21(27)15-31-25)26(33)32(12-11-17-7-10-23(28)24(29)13-17)16-18-5-8-20(9-6-18)19-3-2-4-19/h5-10,13-15,19H,2-4,11-12,16H2,1H3,(H,30,31). The number of amides is 1. The van der Waals surface area contributed by atoms with Crippen molar-refractivity contribution in [3.63, 3.8) is 0 Å². The third-order valence-electron chi connectivity index (χ3n) is 6.19. The minimum Gasteiger partial charge on any atom is -0.372 e. The Morgan fingerprint density at radius 3 is 2.45 bits per heavy atom. The Balaban J connectivity index is 1.57. The second-order valence-corrected chi connectivity index (χ2v) is 10.1. The monoisotopic (exact) mass is 545 g/mol. The zero-order valence-corrected chi connectivity index (χ0v) is 21.6. The molecule has 1 aliphatic rings. The molecule has 0 saturated heterocycles. The Hall–Kier alpha value is -2.08. The molecule has 1 fully saturated rings. The topological polar surface area (TPSA) is 45.2 Å². The molecule has 0 aliphatic heterocycles. The second-order valence-electron chi connectivity index (χ2n) is 8.39. The second kappa shape index (κ2) is 10.9. The lowest BCUT2D eigenvalue weighted by atomic mass is 9.80. The minimum absolute atomic E-state index is 0.0729. The number of anilines is 1. The van der Waals surface area contributed by atoms with Crippen molar-refractivity contribution >= 4 is 50.9 Å². The number of nitrogens with one attached hydrogen (secondary N) is 1. The molecule has 2 aromatic carbocycles. The quantitative estimate of drug-likeness (QED) is 0.321. The smallest absolute Gasteiger partial charge is 0.257 e. The summed E-state index contributed by atoms with van der Waals surface area (Å²) in [6.45, 7) is 1.05. The summed E-state index contributed by atoms with van der Waals surface area (Å²) in [6, 6.07) is 16.1. The number of carbonyl (C=O) groups is 1. The van der Waals surface area contributed by atoms with Crippen LogP contribution < -0.4 is 5.32 Å². The van der Waals surface area contributed by atoms with E-state index in [-0.39, 0.29) is 5.91 Å². The fourth-order valence-corrected chi connectivity index (χ4v) is 4.69. The van der Waals surface area contributed by atoms with Gasteiger partial charge >= 0.3 is 0 Å². The van der Waals surface area contributed by atoms with E-state index in [0.29, 0.717) is 46.9 Å². The van der Waals surface area contributed by atoms with Crippen LogP contribution in [-0.2, 0) is 13.0 Å². The van der Waals surface area contributed by atoms with Gasteiger partial charge in [-0.3, -0.25) is 4.79 Å². The number of nitrogens with zero attached hydrogens (tertiary/aromatic N) is 2. The van der Waals surface area contributed by atoms with E-state index < -0.39 is 0 Å². The maximum absolute atomic E-state index is 13.6. The number of hydrogen-bond acceptors (Lipinski definition) is 3. The SMILES string of the molecule is CNc1ncc(Br)cc1C(=O)N(CCc1ccc(Cl)c(Cl)c1)Cc1ccc(C2CCC2)cc1. The van der Waals surface area contributed by atoms with Crippen LogP contribution in [0.1, 0.15) is 52.2 Å². The molecule has 3 aromatic rings. The van der Waals surface area contributed by atoms with Crippen molar-refractivity contribution in [3.05, 3.63) is 91.5 Å². The van der Waals surface area contributed by atoms with Crippen LogP contribution in [0, 0.1) is 0 Å². The molecule has 0 bridgehead atoms. The summed E-state index contributed by atoms with van der Waals surface area (Å²) in [5.41, 5.74) is 4.07. The van der Waals surface area contributed by atoms with Crippen LogP contribution in [0.4, 0.5) is 5.82 Å². The molecular weight excluding hydrogens is 521 g/mol. The fraction of sp³-hybridized carbons (Fsp3) is 0.308. The van der Waals surface area contributed by atoms with E-state index in [1.54, 1.807) is 19.3 Å². The first-order chi connectivity index (χ1) is 15.9. The molecular formula is C26H26BrCl2N3O. The molecule has 1 aliphatic carbocycles. The average molecular weight is 547 g/mol. The summed E-state index contributed by atoms with van der Waals surface area (Å²) in [7, 11) is 1.77. The van der Waals surface area contributed by atoms with Gasteiger partial charge in [-0.1, -0.05) is 60.0 Å². The Morgan fingerprint density at radius 2 is 1.82 bits per heavy atom. The highest BCUT2D eigenvalue weighted by molar-refractivity contribution is 9.10. The van der Waals surface area contributed by atoms with Crippen molar-refractivity contribution in [2.24, 2.45) is 0 Å². The van der Waals surface area contributed by atoms with E-state index in [0.717, 1.165) is 15.6 Å². The highest BCUT2D eigenvalue weighted by atomic mass is 79.9. The highest BCUT2D eigenvalue weighted by Crippen LogP contribution is 2.36. The van der Waals surface area contributed by atoms with E-state index in [1.165, 1.54) is 24.8 Å². The van der Waals surface area contributed by atoms with Gasteiger partial charge in [-0.25, -0.2) is 4.98 Å². The van der Waals surface area contributed by atoms with Crippen molar-refractivity contribution in [3.8, 4) is 0 Å². The molecule has 1 saturated carbocycles. The number of aromatic nitrogens is 1. The summed E-state index contributed by atoms with van der Waals surface area (Å²) in [6.07, 6.45) is 6.21. The lowest BCUT2D eigenvalue weighted by Crippen LogP contribution is -2.33. The number of hydrogen-bond donors (Lipinski definition) is 1. The van der Waals surface area contributed by atoms with Crippen molar-refractivity contribution in [2.45, 2.75) is 38.1 Å². The Labute approximate surface area is 213 Å². The molecule has 1 N–H and O–H groups in total. The van der Waals surface area contributed by atoms with Crippen molar-refractivity contribution in [2.75, 3.05) is 18.9 Å². The maximum atomic E-state index is 13.6. The summed E-state index contributed by atoms with van der Waals surface area (Å²) < 4.78 is 0.763. The fourth-order valence-electron chi connectivity index (χ4n) is 4.04. The van der Waals surface area contributed by atoms with E-state index in [2.05, 4.69) is 50.5 Å². The van der Waals surface area contributed by atoms with Crippen LogP contribution in [-0.4, -0.2) is 29.4 Å². The van der Waals surface area contributed by atoms with Gasteiger partial charge in [-0.15, -0.1) is 0 Å². The largest absolute Gasteiger partial charge is 0.372 e. The van der Waals surface area contributed by atoms with Gasteiger partial charge in [0.2, 0.25) is 0 Å². The van der Waals surface area contributed by atoms with Crippen LogP contribution in [0.3, 0.4) is 0 Å².